The summed E-state index contributed by atoms with van der Waals surface area (Å²) in [6, 6.07) is 5.26. The monoisotopic (exact) mass is 389 g/mol. The van der Waals surface area contributed by atoms with E-state index in [4.69, 9.17) is 0 Å². The highest BCUT2D eigenvalue weighted by Gasteiger charge is 2.39. The third-order valence-electron chi connectivity index (χ3n) is 5.31. The van der Waals surface area contributed by atoms with E-state index in [1.807, 2.05) is 12.1 Å². The van der Waals surface area contributed by atoms with Crippen LogP contribution in [0.15, 0.2) is 23.1 Å². The van der Waals surface area contributed by atoms with Gasteiger partial charge in [0.05, 0.1) is 0 Å². The summed E-state index contributed by atoms with van der Waals surface area (Å²) in [5, 5.41) is 2.35. The average molecular weight is 390 g/mol. The maximum Gasteiger partial charge on any atom is 0.255 e. The molecule has 0 spiro atoms. The maximum absolute atomic E-state index is 12.8. The van der Waals surface area contributed by atoms with Crippen molar-refractivity contribution in [2.24, 2.45) is 0 Å². The van der Waals surface area contributed by atoms with Gasteiger partial charge < -0.3 is 9.80 Å². The van der Waals surface area contributed by atoms with Crippen molar-refractivity contribution < 1.29 is 14.4 Å². The van der Waals surface area contributed by atoms with E-state index in [9.17, 15) is 14.4 Å². The highest BCUT2D eigenvalue weighted by molar-refractivity contribution is 7.99. The minimum atomic E-state index is -0.553. The molecule has 3 amide bonds. The number of hydrogen-bond acceptors (Lipinski definition) is 5. The quantitative estimate of drug-likeness (QED) is 0.420. The lowest BCUT2D eigenvalue weighted by molar-refractivity contribution is -0.136. The Labute approximate surface area is 164 Å². The maximum atomic E-state index is 12.8. The van der Waals surface area contributed by atoms with Gasteiger partial charge in [0.25, 0.3) is 5.91 Å². The van der Waals surface area contributed by atoms with E-state index in [1.165, 1.54) is 0 Å². The van der Waals surface area contributed by atoms with E-state index in [1.54, 1.807) is 16.7 Å². The molecule has 2 aliphatic rings. The first-order valence-electron chi connectivity index (χ1n) is 9.66. The number of nitrogens with one attached hydrogen (secondary N) is 1. The fourth-order valence-corrected chi connectivity index (χ4v) is 4.72. The molecule has 1 saturated heterocycles. The standard InChI is InChI=1S/C20H27N3O3S/c1-3-22(4-2)11-6-12-27-17-8-5-7-14-15(17)13-23(20(14)26)16-9-10-18(24)21-19(16)25/h5,7-8,16H,3-4,6,9-13H2,1-2H3,(H,21,24,25). The van der Waals surface area contributed by atoms with Crippen molar-refractivity contribution in [2.45, 2.75) is 50.6 Å². The van der Waals surface area contributed by atoms with Gasteiger partial charge in [0.2, 0.25) is 11.8 Å². The van der Waals surface area contributed by atoms with Crippen molar-refractivity contribution in [1.29, 1.82) is 0 Å². The molecule has 1 fully saturated rings. The van der Waals surface area contributed by atoms with Gasteiger partial charge in [-0.1, -0.05) is 19.9 Å². The molecule has 1 atom stereocenters. The van der Waals surface area contributed by atoms with Gasteiger partial charge in [-0.15, -0.1) is 11.8 Å². The van der Waals surface area contributed by atoms with Crippen LogP contribution in [0.1, 0.15) is 49.0 Å². The van der Waals surface area contributed by atoms with Crippen LogP contribution in [0.5, 0.6) is 0 Å². The van der Waals surface area contributed by atoms with E-state index < -0.39 is 6.04 Å². The molecule has 0 aromatic heterocycles. The van der Waals surface area contributed by atoms with Gasteiger partial charge in [-0.05, 0) is 55.9 Å². The molecule has 1 N–H and O–H groups in total. The summed E-state index contributed by atoms with van der Waals surface area (Å²) in [4.78, 5) is 41.5. The zero-order valence-electron chi connectivity index (χ0n) is 16.0. The second-order valence-electron chi connectivity index (χ2n) is 6.91. The number of benzene rings is 1. The predicted octanol–water partition coefficient (Wildman–Crippen LogP) is 2.27. The van der Waals surface area contributed by atoms with Crippen molar-refractivity contribution in [2.75, 3.05) is 25.4 Å². The Bertz CT molecular complexity index is 733. The van der Waals surface area contributed by atoms with Crippen molar-refractivity contribution in [1.82, 2.24) is 15.1 Å². The Morgan fingerprint density at radius 1 is 1.22 bits per heavy atom. The van der Waals surface area contributed by atoms with Crippen LogP contribution in [0.3, 0.4) is 0 Å². The topological polar surface area (TPSA) is 69.7 Å². The minimum Gasteiger partial charge on any atom is -0.322 e. The van der Waals surface area contributed by atoms with Crippen LogP contribution in [-0.2, 0) is 16.1 Å². The molecule has 0 aliphatic carbocycles. The van der Waals surface area contributed by atoms with E-state index in [-0.39, 0.29) is 24.1 Å². The average Bonchev–Trinajstić information content (AvgIpc) is 2.99. The normalized spacial score (nSPS) is 19.6. The molecule has 1 aromatic carbocycles. The molecule has 3 rings (SSSR count). The first kappa shape index (κ1) is 19.9. The first-order chi connectivity index (χ1) is 13.0. The van der Waals surface area contributed by atoms with Gasteiger partial charge >= 0.3 is 0 Å². The third-order valence-corrected chi connectivity index (χ3v) is 6.50. The lowest BCUT2D eigenvalue weighted by atomic mass is 10.0. The van der Waals surface area contributed by atoms with Crippen LogP contribution in [0, 0.1) is 0 Å². The number of rotatable bonds is 8. The lowest BCUT2D eigenvalue weighted by Gasteiger charge is -2.29. The van der Waals surface area contributed by atoms with Crippen LogP contribution in [0.2, 0.25) is 0 Å². The summed E-state index contributed by atoms with van der Waals surface area (Å²) in [6.07, 6.45) is 1.78. The Balaban J connectivity index is 1.65. The van der Waals surface area contributed by atoms with Crippen LogP contribution in [-0.4, -0.2) is 59.0 Å². The molecule has 1 unspecified atom stereocenters. The number of carbonyl (C=O) groups is 3. The molecule has 1 aromatic rings. The zero-order chi connectivity index (χ0) is 19.4. The van der Waals surface area contributed by atoms with Gasteiger partial charge in [0.1, 0.15) is 6.04 Å². The van der Waals surface area contributed by atoms with Crippen LogP contribution in [0.25, 0.3) is 0 Å². The van der Waals surface area contributed by atoms with Crippen LogP contribution >= 0.6 is 11.8 Å². The fourth-order valence-electron chi connectivity index (χ4n) is 3.70. The molecule has 0 bridgehead atoms. The van der Waals surface area contributed by atoms with Gasteiger partial charge in [0, 0.05) is 23.4 Å². The smallest absolute Gasteiger partial charge is 0.255 e. The van der Waals surface area contributed by atoms with Crippen LogP contribution in [0.4, 0.5) is 0 Å². The summed E-state index contributed by atoms with van der Waals surface area (Å²) in [5.41, 5.74) is 1.70. The summed E-state index contributed by atoms with van der Waals surface area (Å²) in [6.45, 7) is 8.01. The second-order valence-corrected chi connectivity index (χ2v) is 8.05. The number of carbonyl (C=O) groups excluding carboxylic acids is 3. The number of imide groups is 1. The van der Waals surface area contributed by atoms with Crippen LogP contribution < -0.4 is 5.32 Å². The molecule has 27 heavy (non-hydrogen) atoms. The molecule has 146 valence electrons. The van der Waals surface area contributed by atoms with Crippen molar-refractivity contribution >= 4 is 29.5 Å². The number of fused-ring (bicyclic) bond motifs is 1. The number of amides is 3. The molecule has 0 radical (unpaired) electrons. The molecule has 2 aliphatic heterocycles. The molecule has 0 saturated carbocycles. The van der Waals surface area contributed by atoms with Gasteiger partial charge in [0.15, 0.2) is 0 Å². The predicted molar refractivity (Wildman–Crippen MR) is 106 cm³/mol. The number of nitrogens with zero attached hydrogens (tertiary/aromatic N) is 2. The Morgan fingerprint density at radius 3 is 2.70 bits per heavy atom. The van der Waals surface area contributed by atoms with Gasteiger partial charge in [-0.3, -0.25) is 19.7 Å². The number of hydrogen-bond donors (Lipinski definition) is 1. The van der Waals surface area contributed by atoms with E-state index in [0.29, 0.717) is 18.5 Å². The molecular formula is C20H27N3O3S. The summed E-state index contributed by atoms with van der Waals surface area (Å²) in [7, 11) is 0. The third kappa shape index (κ3) is 4.35. The SMILES string of the molecule is CCN(CC)CCCSc1cccc2c1CN(C1CCC(=O)NC1=O)C2=O. The number of thioether (sulfide) groups is 1. The second kappa shape index (κ2) is 8.89. The summed E-state index contributed by atoms with van der Waals surface area (Å²) in [5.74, 6) is 0.273. The first-order valence-corrected chi connectivity index (χ1v) is 10.6. The van der Waals surface area contributed by atoms with Gasteiger partial charge in [-0.2, -0.15) is 0 Å². The molecule has 6 nitrogen and oxygen atoms in total. The van der Waals surface area contributed by atoms with Gasteiger partial charge in [-0.25, -0.2) is 0 Å². The fraction of sp³-hybridized carbons (Fsp3) is 0.550. The summed E-state index contributed by atoms with van der Waals surface area (Å²) < 4.78 is 0. The van der Waals surface area contributed by atoms with Crippen molar-refractivity contribution in [3.63, 3.8) is 0 Å². The molecule has 2 heterocycles. The Hall–Kier alpha value is -1.86. The number of piperidine rings is 1. The van der Waals surface area contributed by atoms with E-state index >= 15 is 0 Å². The molecular weight excluding hydrogens is 362 g/mol. The largest absolute Gasteiger partial charge is 0.322 e. The Kier molecular flexibility index (Phi) is 6.55. The lowest BCUT2D eigenvalue weighted by Crippen LogP contribution is -2.52. The molecule has 7 heteroatoms. The van der Waals surface area contributed by atoms with Crippen molar-refractivity contribution in [3.05, 3.63) is 29.3 Å². The highest BCUT2D eigenvalue weighted by atomic mass is 32.2. The zero-order valence-corrected chi connectivity index (χ0v) is 16.8. The Morgan fingerprint density at radius 2 is 2.00 bits per heavy atom. The summed E-state index contributed by atoms with van der Waals surface area (Å²) >= 11 is 1.78. The van der Waals surface area contributed by atoms with Crippen molar-refractivity contribution in [3.8, 4) is 0 Å². The highest BCUT2D eigenvalue weighted by Crippen LogP contribution is 2.34. The van der Waals surface area contributed by atoms with E-state index in [0.717, 1.165) is 42.3 Å². The van der Waals surface area contributed by atoms with E-state index in [2.05, 4.69) is 30.1 Å². The minimum absolute atomic E-state index is 0.106.